The van der Waals surface area contributed by atoms with Crippen LogP contribution in [0.15, 0.2) is 29.2 Å². The number of piperidine rings is 2. The minimum atomic E-state index is -3.73. The Morgan fingerprint density at radius 1 is 1.12 bits per heavy atom. The van der Waals surface area contributed by atoms with Gasteiger partial charge in [-0.15, -0.1) is 0 Å². The molecule has 32 heavy (non-hydrogen) atoms. The highest BCUT2D eigenvalue weighted by atomic mass is 35.5. The number of hydrogen-bond acceptors (Lipinski definition) is 5. The van der Waals surface area contributed by atoms with Gasteiger partial charge in [0.25, 0.3) is 0 Å². The molecule has 1 aromatic rings. The summed E-state index contributed by atoms with van der Waals surface area (Å²) in [6, 6.07) is 5.99. The summed E-state index contributed by atoms with van der Waals surface area (Å²) in [5.74, 6) is 0. The molecule has 2 aliphatic heterocycles. The van der Waals surface area contributed by atoms with E-state index in [0.29, 0.717) is 11.4 Å². The normalized spacial score (nSPS) is 23.8. The van der Waals surface area contributed by atoms with Gasteiger partial charge in [0.05, 0.1) is 10.9 Å². The van der Waals surface area contributed by atoms with Gasteiger partial charge in [-0.05, 0) is 76.5 Å². The number of ether oxygens (including phenoxy) is 1. The topological polar surface area (TPSA) is 70.2 Å². The summed E-state index contributed by atoms with van der Waals surface area (Å²) in [7, 11) is 0.133. The van der Waals surface area contributed by atoms with Crippen LogP contribution in [0.5, 0.6) is 0 Å². The van der Waals surface area contributed by atoms with Crippen molar-refractivity contribution in [3.8, 4) is 0 Å². The largest absolute Gasteiger partial charge is 0.448 e. The zero-order valence-electron chi connectivity index (χ0n) is 19.4. The Kier molecular flexibility index (Phi) is 8.83. The van der Waals surface area contributed by atoms with Gasteiger partial charge in [0.15, 0.2) is 0 Å². The van der Waals surface area contributed by atoms with Crippen LogP contribution in [0.25, 0.3) is 0 Å². The van der Waals surface area contributed by atoms with Crippen LogP contribution in [-0.2, 0) is 14.8 Å². The molecule has 1 aromatic carbocycles. The Morgan fingerprint density at radius 2 is 1.75 bits per heavy atom. The molecule has 2 atom stereocenters. The zero-order chi connectivity index (χ0) is 23.3. The van der Waals surface area contributed by atoms with E-state index in [1.54, 1.807) is 40.5 Å². The highest BCUT2D eigenvalue weighted by Gasteiger charge is 2.40. The first-order chi connectivity index (χ1) is 15.2. The van der Waals surface area contributed by atoms with Gasteiger partial charge in [-0.3, -0.25) is 0 Å². The number of rotatable bonds is 7. The summed E-state index contributed by atoms with van der Waals surface area (Å²) in [4.78, 5) is 16.9. The van der Waals surface area contributed by atoms with E-state index in [0.717, 1.165) is 51.6 Å². The van der Waals surface area contributed by atoms with Crippen LogP contribution in [-0.4, -0.2) is 80.5 Å². The maximum absolute atomic E-state index is 13.6. The average Bonchev–Trinajstić information content (AvgIpc) is 2.78. The van der Waals surface area contributed by atoms with Crippen molar-refractivity contribution in [2.45, 2.75) is 74.9 Å². The van der Waals surface area contributed by atoms with E-state index in [1.807, 2.05) is 0 Å². The Bertz CT molecular complexity index is 854. The molecule has 1 amide bonds. The Balaban J connectivity index is 1.73. The second kappa shape index (κ2) is 11.2. The number of likely N-dealkylation sites (tertiary alicyclic amines) is 1. The molecule has 9 heteroatoms. The second-order valence-electron chi connectivity index (χ2n) is 9.04. The van der Waals surface area contributed by atoms with Crippen molar-refractivity contribution in [3.05, 3.63) is 29.3 Å². The van der Waals surface area contributed by atoms with Gasteiger partial charge in [-0.2, -0.15) is 4.31 Å². The SMILES string of the molecule is CCC[C@H]1CCC[C@@H](COC(=O)N(C)C2CCN(C)CC2)N1S(=O)(=O)c1ccc(Cl)cc1. The quantitative estimate of drug-likeness (QED) is 0.578. The lowest BCUT2D eigenvalue weighted by atomic mass is 9.96. The first-order valence-corrected chi connectivity index (χ1v) is 13.4. The van der Waals surface area contributed by atoms with Crippen LogP contribution in [0.3, 0.4) is 0 Å². The molecular weight excluding hydrogens is 450 g/mol. The number of carbonyl (C=O) groups is 1. The highest BCUT2D eigenvalue weighted by molar-refractivity contribution is 7.89. The molecular formula is C23H36ClN3O4S. The molecule has 2 heterocycles. The Labute approximate surface area is 197 Å². The molecule has 0 spiro atoms. The molecule has 7 nitrogen and oxygen atoms in total. The average molecular weight is 486 g/mol. The van der Waals surface area contributed by atoms with E-state index >= 15 is 0 Å². The van der Waals surface area contributed by atoms with E-state index in [1.165, 1.54) is 0 Å². The number of carbonyl (C=O) groups excluding carboxylic acids is 1. The van der Waals surface area contributed by atoms with Crippen LogP contribution >= 0.6 is 11.6 Å². The second-order valence-corrected chi connectivity index (χ2v) is 11.3. The number of amides is 1. The maximum Gasteiger partial charge on any atom is 0.409 e. The summed E-state index contributed by atoms with van der Waals surface area (Å²) in [6.45, 7) is 4.05. The fourth-order valence-electron chi connectivity index (χ4n) is 4.82. The molecule has 0 aliphatic carbocycles. The third kappa shape index (κ3) is 5.95. The summed E-state index contributed by atoms with van der Waals surface area (Å²) >= 11 is 5.97. The molecule has 2 aliphatic rings. The van der Waals surface area contributed by atoms with E-state index in [2.05, 4.69) is 18.9 Å². The first kappa shape index (κ1) is 25.3. The molecule has 0 unspecified atom stereocenters. The van der Waals surface area contributed by atoms with Gasteiger partial charge >= 0.3 is 6.09 Å². The van der Waals surface area contributed by atoms with Gasteiger partial charge in [-0.1, -0.05) is 31.4 Å². The van der Waals surface area contributed by atoms with Crippen molar-refractivity contribution in [1.29, 1.82) is 0 Å². The Morgan fingerprint density at radius 3 is 2.38 bits per heavy atom. The third-order valence-electron chi connectivity index (χ3n) is 6.73. The maximum atomic E-state index is 13.6. The molecule has 0 aromatic heterocycles. The van der Waals surface area contributed by atoms with Crippen molar-refractivity contribution < 1.29 is 17.9 Å². The smallest absolute Gasteiger partial charge is 0.409 e. The van der Waals surface area contributed by atoms with Gasteiger partial charge < -0.3 is 14.5 Å². The minimum absolute atomic E-state index is 0.0723. The van der Waals surface area contributed by atoms with Crippen molar-refractivity contribution in [3.63, 3.8) is 0 Å². The van der Waals surface area contributed by atoms with Gasteiger partial charge in [0, 0.05) is 24.2 Å². The van der Waals surface area contributed by atoms with Crippen LogP contribution < -0.4 is 0 Å². The van der Waals surface area contributed by atoms with Gasteiger partial charge in [0.1, 0.15) is 6.61 Å². The van der Waals surface area contributed by atoms with E-state index < -0.39 is 10.0 Å². The van der Waals surface area contributed by atoms with Crippen molar-refractivity contribution >= 4 is 27.7 Å². The first-order valence-electron chi connectivity index (χ1n) is 11.6. The molecule has 0 radical (unpaired) electrons. The molecule has 0 saturated carbocycles. The minimum Gasteiger partial charge on any atom is -0.448 e. The lowest BCUT2D eigenvalue weighted by Crippen LogP contribution is -2.52. The van der Waals surface area contributed by atoms with Crippen LogP contribution in [0, 0.1) is 0 Å². The molecule has 2 saturated heterocycles. The summed E-state index contributed by atoms with van der Waals surface area (Å²) in [5, 5.41) is 0.495. The van der Waals surface area contributed by atoms with E-state index in [-0.39, 0.29) is 35.7 Å². The lowest BCUT2D eigenvalue weighted by Gasteiger charge is -2.41. The number of halogens is 1. The van der Waals surface area contributed by atoms with Crippen molar-refractivity contribution in [2.75, 3.05) is 33.8 Å². The van der Waals surface area contributed by atoms with Crippen LogP contribution in [0.1, 0.15) is 51.9 Å². The molecule has 0 N–H and O–H groups in total. The fourth-order valence-corrected chi connectivity index (χ4v) is 6.84. The van der Waals surface area contributed by atoms with E-state index in [4.69, 9.17) is 16.3 Å². The molecule has 2 fully saturated rings. The summed E-state index contributed by atoms with van der Waals surface area (Å²) < 4.78 is 34.4. The summed E-state index contributed by atoms with van der Waals surface area (Å²) in [5.41, 5.74) is 0. The number of sulfonamides is 1. The predicted molar refractivity (Wildman–Crippen MR) is 126 cm³/mol. The standard InChI is InChI=1S/C23H36ClN3O4S/c1-4-6-20-7-5-8-21(27(20)32(29,30)22-11-9-18(24)10-12-22)17-31-23(28)26(3)19-13-15-25(2)16-14-19/h9-12,19-21H,4-8,13-17H2,1-3H3/t20-,21-/m0/s1. The van der Waals surface area contributed by atoms with E-state index in [9.17, 15) is 13.2 Å². The Hall–Kier alpha value is -1.35. The molecule has 3 rings (SSSR count). The van der Waals surface area contributed by atoms with Gasteiger partial charge in [0.2, 0.25) is 10.0 Å². The molecule has 180 valence electrons. The third-order valence-corrected chi connectivity index (χ3v) is 9.00. The van der Waals surface area contributed by atoms with Crippen LogP contribution in [0.2, 0.25) is 5.02 Å². The highest BCUT2D eigenvalue weighted by Crippen LogP contribution is 2.32. The number of benzene rings is 1. The predicted octanol–water partition coefficient (Wildman–Crippen LogP) is 4.21. The summed E-state index contributed by atoms with van der Waals surface area (Å²) in [6.07, 6.45) is 5.56. The number of hydrogen-bond donors (Lipinski definition) is 0. The lowest BCUT2D eigenvalue weighted by molar-refractivity contribution is 0.0502. The monoisotopic (exact) mass is 485 g/mol. The zero-order valence-corrected chi connectivity index (χ0v) is 20.9. The fraction of sp³-hybridized carbons (Fsp3) is 0.696. The van der Waals surface area contributed by atoms with Crippen LogP contribution in [0.4, 0.5) is 4.79 Å². The van der Waals surface area contributed by atoms with Gasteiger partial charge in [-0.25, -0.2) is 13.2 Å². The van der Waals surface area contributed by atoms with Crippen molar-refractivity contribution in [1.82, 2.24) is 14.1 Å². The number of nitrogens with zero attached hydrogens (tertiary/aromatic N) is 3. The molecule has 0 bridgehead atoms. The van der Waals surface area contributed by atoms with Crippen molar-refractivity contribution in [2.24, 2.45) is 0 Å².